The molecular formula is C25H26N4O4S. The Bertz CT molecular complexity index is 1280. The van der Waals surface area contributed by atoms with E-state index in [1.165, 1.54) is 11.8 Å². The predicted octanol–water partition coefficient (Wildman–Crippen LogP) is 4.54. The molecule has 34 heavy (non-hydrogen) atoms. The van der Waals surface area contributed by atoms with Crippen LogP contribution < -0.4 is 0 Å². The molecule has 176 valence electrons. The molecule has 0 aliphatic carbocycles. The first-order valence-electron chi connectivity index (χ1n) is 11.0. The fourth-order valence-corrected chi connectivity index (χ4v) is 4.55. The van der Waals surface area contributed by atoms with Gasteiger partial charge in [-0.15, -0.1) is 10.2 Å². The molecule has 0 aliphatic rings. The van der Waals surface area contributed by atoms with Gasteiger partial charge in [-0.3, -0.25) is 14.2 Å². The lowest BCUT2D eigenvalue weighted by Gasteiger charge is -2.10. The highest BCUT2D eigenvalue weighted by molar-refractivity contribution is 7.99. The van der Waals surface area contributed by atoms with Gasteiger partial charge in [0.05, 0.1) is 12.0 Å². The van der Waals surface area contributed by atoms with Gasteiger partial charge in [-0.25, -0.2) is 0 Å². The van der Waals surface area contributed by atoms with Crippen LogP contribution in [-0.4, -0.2) is 43.4 Å². The van der Waals surface area contributed by atoms with Crippen LogP contribution in [0, 0.1) is 13.8 Å². The van der Waals surface area contributed by atoms with E-state index in [9.17, 15) is 9.59 Å². The van der Waals surface area contributed by atoms with Crippen LogP contribution in [0.15, 0.2) is 64.4 Å². The summed E-state index contributed by atoms with van der Waals surface area (Å²) in [6, 6.07) is 15.5. The number of carbonyl (C=O) groups excluding carboxylic acids is 2. The number of thioether (sulfide) groups is 1. The third-order valence-corrected chi connectivity index (χ3v) is 6.46. The zero-order valence-electron chi connectivity index (χ0n) is 19.4. The number of nitrogens with zero attached hydrogens (tertiary/aromatic N) is 4. The van der Waals surface area contributed by atoms with Gasteiger partial charge >= 0.3 is 5.97 Å². The standard InChI is InChI=1S/C25H26N4O4S/c1-4-28-24(22-11-8-12-32-22)26-27-25(28)34-16-23(31)33-15-21(30)20-13-17(2)29(18(20)3)14-19-9-6-5-7-10-19/h5-13H,4,14-16H2,1-3H3. The lowest BCUT2D eigenvalue weighted by atomic mass is 10.1. The Labute approximate surface area is 201 Å². The number of aryl methyl sites for hydroxylation is 1. The molecule has 8 nitrogen and oxygen atoms in total. The van der Waals surface area contributed by atoms with Crippen molar-refractivity contribution in [2.75, 3.05) is 12.4 Å². The fraction of sp³-hybridized carbons (Fsp3) is 0.280. The molecule has 0 N–H and O–H groups in total. The Hall–Kier alpha value is -3.59. The Morgan fingerprint density at radius 1 is 1.06 bits per heavy atom. The molecule has 0 bridgehead atoms. The van der Waals surface area contributed by atoms with Crippen molar-refractivity contribution < 1.29 is 18.7 Å². The highest BCUT2D eigenvalue weighted by atomic mass is 32.2. The minimum atomic E-state index is -0.485. The highest BCUT2D eigenvalue weighted by Gasteiger charge is 2.19. The van der Waals surface area contributed by atoms with Crippen LogP contribution in [-0.2, 0) is 22.6 Å². The molecule has 0 spiro atoms. The topological polar surface area (TPSA) is 92.2 Å². The Kier molecular flexibility index (Phi) is 7.32. The van der Waals surface area contributed by atoms with Crippen LogP contribution >= 0.6 is 11.8 Å². The Morgan fingerprint density at radius 3 is 2.56 bits per heavy atom. The lowest BCUT2D eigenvalue weighted by Crippen LogP contribution is -2.16. The first kappa shape index (κ1) is 23.6. The monoisotopic (exact) mass is 478 g/mol. The summed E-state index contributed by atoms with van der Waals surface area (Å²) in [5.74, 6) is 0.532. The third kappa shape index (κ3) is 5.14. The zero-order chi connectivity index (χ0) is 24.1. The van der Waals surface area contributed by atoms with Crippen LogP contribution in [0.5, 0.6) is 0 Å². The van der Waals surface area contributed by atoms with Crippen molar-refractivity contribution in [1.82, 2.24) is 19.3 Å². The number of hydrogen-bond acceptors (Lipinski definition) is 7. The van der Waals surface area contributed by atoms with Gasteiger partial charge in [0.1, 0.15) is 0 Å². The fourth-order valence-electron chi connectivity index (χ4n) is 3.75. The van der Waals surface area contributed by atoms with E-state index in [0.29, 0.717) is 35.4 Å². The van der Waals surface area contributed by atoms with Crippen LogP contribution in [0.25, 0.3) is 11.6 Å². The molecule has 9 heteroatoms. The number of furan rings is 1. The van der Waals surface area contributed by atoms with Crippen LogP contribution in [0.2, 0.25) is 0 Å². The molecule has 0 unspecified atom stereocenters. The maximum Gasteiger partial charge on any atom is 0.316 e. The Balaban J connectivity index is 1.33. The van der Waals surface area contributed by atoms with Crippen molar-refractivity contribution in [1.29, 1.82) is 0 Å². The summed E-state index contributed by atoms with van der Waals surface area (Å²) < 4.78 is 14.6. The number of hydrogen-bond donors (Lipinski definition) is 0. The summed E-state index contributed by atoms with van der Waals surface area (Å²) in [5, 5.41) is 8.90. The minimum Gasteiger partial charge on any atom is -0.461 e. The van der Waals surface area contributed by atoms with Crippen LogP contribution in [0.3, 0.4) is 0 Å². The third-order valence-electron chi connectivity index (χ3n) is 5.52. The van der Waals surface area contributed by atoms with Crippen molar-refractivity contribution in [3.05, 3.63) is 77.3 Å². The average Bonchev–Trinajstić information content (AvgIpc) is 3.57. The van der Waals surface area contributed by atoms with Gasteiger partial charge in [0.2, 0.25) is 5.78 Å². The highest BCUT2D eigenvalue weighted by Crippen LogP contribution is 2.24. The number of ketones is 1. The minimum absolute atomic E-state index is 0.0244. The molecule has 0 fully saturated rings. The smallest absolute Gasteiger partial charge is 0.316 e. The predicted molar refractivity (Wildman–Crippen MR) is 129 cm³/mol. The maximum atomic E-state index is 12.8. The second-order valence-electron chi connectivity index (χ2n) is 7.76. The number of aromatic nitrogens is 4. The van der Waals surface area contributed by atoms with Gasteiger partial charge in [0.15, 0.2) is 23.3 Å². The first-order valence-corrected chi connectivity index (χ1v) is 12.0. The van der Waals surface area contributed by atoms with E-state index in [4.69, 9.17) is 9.15 Å². The molecular weight excluding hydrogens is 452 g/mol. The van der Waals surface area contributed by atoms with Gasteiger partial charge in [-0.1, -0.05) is 42.1 Å². The average molecular weight is 479 g/mol. The van der Waals surface area contributed by atoms with Crippen LogP contribution in [0.4, 0.5) is 0 Å². The van der Waals surface area contributed by atoms with Gasteiger partial charge in [0, 0.05) is 30.0 Å². The molecule has 3 aromatic heterocycles. The lowest BCUT2D eigenvalue weighted by molar-refractivity contribution is -0.139. The van der Waals surface area contributed by atoms with E-state index in [1.807, 2.05) is 49.6 Å². The van der Waals surface area contributed by atoms with Crippen molar-refractivity contribution in [3.63, 3.8) is 0 Å². The number of rotatable bonds is 10. The second-order valence-corrected chi connectivity index (χ2v) is 8.70. The van der Waals surface area contributed by atoms with Gasteiger partial charge < -0.3 is 13.7 Å². The van der Waals surface area contributed by atoms with Gasteiger partial charge in [-0.2, -0.15) is 0 Å². The van der Waals surface area contributed by atoms with Crippen LogP contribution in [0.1, 0.15) is 34.2 Å². The summed E-state index contributed by atoms with van der Waals surface area (Å²) in [6.07, 6.45) is 1.57. The summed E-state index contributed by atoms with van der Waals surface area (Å²) in [6.45, 7) is 6.85. The van der Waals surface area contributed by atoms with E-state index in [0.717, 1.165) is 17.0 Å². The summed E-state index contributed by atoms with van der Waals surface area (Å²) >= 11 is 1.21. The number of ether oxygens (including phenoxy) is 1. The molecule has 4 rings (SSSR count). The number of esters is 1. The molecule has 4 aromatic rings. The number of Topliss-reactive ketones (excluding diaryl/α,β-unsaturated/α-hetero) is 1. The van der Waals surface area contributed by atoms with Crippen molar-refractivity contribution in [2.24, 2.45) is 0 Å². The quantitative estimate of drug-likeness (QED) is 0.188. The van der Waals surface area contributed by atoms with E-state index in [1.54, 1.807) is 18.4 Å². The van der Waals surface area contributed by atoms with Crippen molar-refractivity contribution >= 4 is 23.5 Å². The second kappa shape index (κ2) is 10.6. The summed E-state index contributed by atoms with van der Waals surface area (Å²) in [4.78, 5) is 25.1. The molecule has 3 heterocycles. The molecule has 0 atom stereocenters. The zero-order valence-corrected chi connectivity index (χ0v) is 20.2. The first-order chi connectivity index (χ1) is 16.5. The van der Waals surface area contributed by atoms with Crippen molar-refractivity contribution in [3.8, 4) is 11.6 Å². The molecule has 0 radical (unpaired) electrons. The SMILES string of the molecule is CCn1c(SCC(=O)OCC(=O)c2cc(C)n(Cc3ccccc3)c2C)nnc1-c1ccco1. The molecule has 0 saturated carbocycles. The van der Waals surface area contributed by atoms with E-state index in [2.05, 4.69) is 26.9 Å². The van der Waals surface area contributed by atoms with Gasteiger partial charge in [0.25, 0.3) is 0 Å². The number of carbonyl (C=O) groups is 2. The van der Waals surface area contributed by atoms with E-state index < -0.39 is 5.97 Å². The largest absolute Gasteiger partial charge is 0.461 e. The summed E-state index contributed by atoms with van der Waals surface area (Å²) in [7, 11) is 0. The van der Waals surface area contributed by atoms with Gasteiger partial charge in [-0.05, 0) is 44.5 Å². The molecule has 0 saturated heterocycles. The maximum absolute atomic E-state index is 12.8. The van der Waals surface area contributed by atoms with E-state index in [-0.39, 0.29) is 18.1 Å². The molecule has 0 amide bonds. The summed E-state index contributed by atoms with van der Waals surface area (Å²) in [5.41, 5.74) is 3.57. The molecule has 0 aliphatic heterocycles. The molecule has 1 aromatic carbocycles. The van der Waals surface area contributed by atoms with E-state index >= 15 is 0 Å². The van der Waals surface area contributed by atoms with Crippen molar-refractivity contribution in [2.45, 2.75) is 39.0 Å². The number of benzene rings is 1. The Morgan fingerprint density at radius 2 is 1.85 bits per heavy atom. The normalized spacial score (nSPS) is 11.0.